The first kappa shape index (κ1) is 15.6. The van der Waals surface area contributed by atoms with Crippen LogP contribution in [0.1, 0.15) is 10.4 Å². The standard InChI is InChI=1S/C12H13BrFNO4/c1-19-5-4-15(7-11(16)17)12(18)9-3-2-8(14)6-10(9)13/h2-3,6H,4-5,7H2,1H3,(H,16,17). The van der Waals surface area contributed by atoms with Crippen molar-refractivity contribution in [1.82, 2.24) is 4.90 Å². The molecule has 0 bridgehead atoms. The summed E-state index contributed by atoms with van der Waals surface area (Å²) in [6.45, 7) is -0.0741. The van der Waals surface area contributed by atoms with Gasteiger partial charge in [-0.05, 0) is 34.1 Å². The molecule has 0 radical (unpaired) electrons. The number of hydrogen-bond acceptors (Lipinski definition) is 3. The molecule has 0 heterocycles. The smallest absolute Gasteiger partial charge is 0.323 e. The fourth-order valence-corrected chi connectivity index (χ4v) is 1.97. The van der Waals surface area contributed by atoms with E-state index in [-0.39, 0.29) is 23.2 Å². The van der Waals surface area contributed by atoms with Crippen molar-refractivity contribution in [2.75, 3.05) is 26.8 Å². The van der Waals surface area contributed by atoms with Crippen LogP contribution >= 0.6 is 15.9 Å². The van der Waals surface area contributed by atoms with Crippen molar-refractivity contribution in [1.29, 1.82) is 0 Å². The molecule has 0 fully saturated rings. The minimum absolute atomic E-state index is 0.144. The van der Waals surface area contributed by atoms with Gasteiger partial charge in [-0.2, -0.15) is 0 Å². The molecule has 19 heavy (non-hydrogen) atoms. The Morgan fingerprint density at radius 3 is 2.68 bits per heavy atom. The Bertz CT molecular complexity index is 481. The van der Waals surface area contributed by atoms with Crippen LogP contribution in [0, 0.1) is 5.82 Å². The number of benzene rings is 1. The van der Waals surface area contributed by atoms with E-state index < -0.39 is 24.2 Å². The maximum Gasteiger partial charge on any atom is 0.323 e. The average molecular weight is 334 g/mol. The molecule has 0 spiro atoms. The third-order valence-corrected chi connectivity index (χ3v) is 3.00. The number of carbonyl (C=O) groups is 2. The number of carboxylic acid groups (broad SMARTS) is 1. The zero-order valence-electron chi connectivity index (χ0n) is 10.2. The number of aliphatic carboxylic acids is 1. The Hall–Kier alpha value is -1.47. The van der Waals surface area contributed by atoms with Gasteiger partial charge in [-0.25, -0.2) is 4.39 Å². The van der Waals surface area contributed by atoms with Crippen LogP contribution in [0.25, 0.3) is 0 Å². The lowest BCUT2D eigenvalue weighted by Crippen LogP contribution is -2.38. The van der Waals surface area contributed by atoms with E-state index in [1.807, 2.05) is 0 Å². The van der Waals surface area contributed by atoms with Crippen LogP contribution in [0.2, 0.25) is 0 Å². The molecule has 0 aliphatic heterocycles. The number of carbonyl (C=O) groups excluding carboxylic acids is 1. The van der Waals surface area contributed by atoms with Crippen LogP contribution in [-0.4, -0.2) is 48.7 Å². The normalized spacial score (nSPS) is 10.3. The highest BCUT2D eigenvalue weighted by molar-refractivity contribution is 9.10. The van der Waals surface area contributed by atoms with Crippen molar-refractivity contribution in [3.05, 3.63) is 34.1 Å². The van der Waals surface area contributed by atoms with Gasteiger partial charge in [0.15, 0.2) is 0 Å². The lowest BCUT2D eigenvalue weighted by molar-refractivity contribution is -0.137. The summed E-state index contributed by atoms with van der Waals surface area (Å²) >= 11 is 3.08. The van der Waals surface area contributed by atoms with Crippen LogP contribution < -0.4 is 0 Å². The van der Waals surface area contributed by atoms with Crippen LogP contribution in [-0.2, 0) is 9.53 Å². The fourth-order valence-electron chi connectivity index (χ4n) is 1.45. The van der Waals surface area contributed by atoms with E-state index in [9.17, 15) is 14.0 Å². The summed E-state index contributed by atoms with van der Waals surface area (Å²) in [5, 5.41) is 8.79. The van der Waals surface area contributed by atoms with Gasteiger partial charge in [0, 0.05) is 18.1 Å². The molecule has 0 unspecified atom stereocenters. The zero-order valence-corrected chi connectivity index (χ0v) is 11.8. The number of methoxy groups -OCH3 is 1. The Kier molecular flexibility index (Phi) is 5.91. The predicted octanol–water partition coefficient (Wildman–Crippen LogP) is 1.76. The van der Waals surface area contributed by atoms with Crippen LogP contribution in [0.15, 0.2) is 22.7 Å². The quantitative estimate of drug-likeness (QED) is 0.861. The first-order valence-corrected chi connectivity index (χ1v) is 6.20. The van der Waals surface area contributed by atoms with Crippen molar-refractivity contribution in [3.63, 3.8) is 0 Å². The lowest BCUT2D eigenvalue weighted by Gasteiger charge is -2.20. The Labute approximate surface area is 118 Å². The van der Waals surface area contributed by atoms with Gasteiger partial charge >= 0.3 is 5.97 Å². The highest BCUT2D eigenvalue weighted by Gasteiger charge is 2.20. The molecule has 0 saturated heterocycles. The summed E-state index contributed by atoms with van der Waals surface area (Å²) in [6.07, 6.45) is 0. The lowest BCUT2D eigenvalue weighted by atomic mass is 10.2. The van der Waals surface area contributed by atoms with Crippen molar-refractivity contribution in [2.45, 2.75) is 0 Å². The second-order valence-corrected chi connectivity index (χ2v) is 4.59. The molecule has 5 nitrogen and oxygen atoms in total. The van der Waals surface area contributed by atoms with E-state index in [1.165, 1.54) is 13.2 Å². The molecule has 0 atom stereocenters. The Balaban J connectivity index is 2.93. The van der Waals surface area contributed by atoms with Crippen molar-refractivity contribution in [3.8, 4) is 0 Å². The number of halogens is 2. The van der Waals surface area contributed by atoms with Crippen LogP contribution in [0.5, 0.6) is 0 Å². The highest BCUT2D eigenvalue weighted by Crippen LogP contribution is 2.19. The third kappa shape index (κ3) is 4.60. The molecule has 0 aliphatic carbocycles. The summed E-state index contributed by atoms with van der Waals surface area (Å²) in [5.41, 5.74) is 0.207. The van der Waals surface area contributed by atoms with Crippen molar-refractivity contribution < 1.29 is 23.8 Å². The summed E-state index contributed by atoms with van der Waals surface area (Å²) in [4.78, 5) is 24.0. The monoisotopic (exact) mass is 333 g/mol. The predicted molar refractivity (Wildman–Crippen MR) is 69.5 cm³/mol. The second kappa shape index (κ2) is 7.20. The highest BCUT2D eigenvalue weighted by atomic mass is 79.9. The summed E-state index contributed by atoms with van der Waals surface area (Å²) in [7, 11) is 1.46. The minimum Gasteiger partial charge on any atom is -0.480 e. The van der Waals surface area contributed by atoms with Gasteiger partial charge in [0.2, 0.25) is 0 Å². The van der Waals surface area contributed by atoms with Gasteiger partial charge < -0.3 is 14.7 Å². The molecular formula is C12H13BrFNO4. The van der Waals surface area contributed by atoms with Crippen molar-refractivity contribution in [2.24, 2.45) is 0 Å². The van der Waals surface area contributed by atoms with E-state index in [1.54, 1.807) is 0 Å². The van der Waals surface area contributed by atoms with Gasteiger partial charge in [-0.1, -0.05) is 0 Å². The van der Waals surface area contributed by atoms with Crippen LogP contribution in [0.4, 0.5) is 4.39 Å². The van der Waals surface area contributed by atoms with Gasteiger partial charge in [-0.15, -0.1) is 0 Å². The fraction of sp³-hybridized carbons (Fsp3) is 0.333. The largest absolute Gasteiger partial charge is 0.480 e. The van der Waals surface area contributed by atoms with E-state index in [0.29, 0.717) is 0 Å². The Morgan fingerprint density at radius 1 is 1.47 bits per heavy atom. The molecule has 1 amide bonds. The van der Waals surface area contributed by atoms with E-state index in [0.717, 1.165) is 17.0 Å². The van der Waals surface area contributed by atoms with E-state index in [4.69, 9.17) is 9.84 Å². The molecule has 1 N–H and O–H groups in total. The van der Waals surface area contributed by atoms with Gasteiger partial charge in [0.05, 0.1) is 12.2 Å². The number of hydrogen-bond donors (Lipinski definition) is 1. The molecule has 0 aliphatic rings. The maximum atomic E-state index is 13.0. The van der Waals surface area contributed by atoms with Gasteiger partial charge in [0.25, 0.3) is 5.91 Å². The molecular weight excluding hydrogens is 321 g/mol. The molecule has 1 rings (SSSR count). The summed E-state index contributed by atoms with van der Waals surface area (Å²) in [5.74, 6) is -2.10. The summed E-state index contributed by atoms with van der Waals surface area (Å²) in [6, 6.07) is 3.61. The maximum absolute atomic E-state index is 13.0. The second-order valence-electron chi connectivity index (χ2n) is 3.74. The molecule has 1 aromatic rings. The number of amides is 1. The molecule has 0 aromatic heterocycles. The number of nitrogens with zero attached hydrogens (tertiary/aromatic N) is 1. The Morgan fingerprint density at radius 2 is 2.16 bits per heavy atom. The third-order valence-electron chi connectivity index (χ3n) is 2.34. The SMILES string of the molecule is COCCN(CC(=O)O)C(=O)c1ccc(F)cc1Br. The molecule has 1 aromatic carbocycles. The number of carboxylic acids is 1. The van der Waals surface area contributed by atoms with E-state index in [2.05, 4.69) is 15.9 Å². The first-order valence-electron chi connectivity index (χ1n) is 5.40. The molecule has 7 heteroatoms. The van der Waals surface area contributed by atoms with Gasteiger partial charge in [0.1, 0.15) is 12.4 Å². The number of rotatable bonds is 6. The topological polar surface area (TPSA) is 66.8 Å². The average Bonchev–Trinajstić information content (AvgIpc) is 2.33. The number of ether oxygens (including phenoxy) is 1. The zero-order chi connectivity index (χ0) is 14.4. The minimum atomic E-state index is -1.12. The van der Waals surface area contributed by atoms with Crippen LogP contribution in [0.3, 0.4) is 0 Å². The first-order chi connectivity index (χ1) is 8.95. The molecule has 0 saturated carbocycles. The van der Waals surface area contributed by atoms with Crippen molar-refractivity contribution >= 4 is 27.8 Å². The molecule has 104 valence electrons. The van der Waals surface area contributed by atoms with Gasteiger partial charge in [-0.3, -0.25) is 9.59 Å². The summed E-state index contributed by atoms with van der Waals surface area (Å²) < 4.78 is 18.1. The van der Waals surface area contributed by atoms with E-state index >= 15 is 0 Å².